The molecule has 5 fully saturated rings. The number of Topliss-reactive ketones (excluding diaryl/α,β-unsaturated/α-hetero) is 1. The number of ketones is 1. The zero-order valence-corrected chi connectivity index (χ0v) is 18.0. The molecule has 0 spiro atoms. The molecule has 6 rings (SSSR count). The predicted octanol–water partition coefficient (Wildman–Crippen LogP) is 5.64. The predicted molar refractivity (Wildman–Crippen MR) is 111 cm³/mol. The number of benzene rings is 1. The average molecular weight is 435 g/mol. The van der Waals surface area contributed by atoms with E-state index in [0.717, 1.165) is 24.8 Å². The third-order valence-electron chi connectivity index (χ3n) is 8.38. The van der Waals surface area contributed by atoms with E-state index in [4.69, 9.17) is 16.3 Å². The van der Waals surface area contributed by atoms with Crippen LogP contribution in [0.4, 0.5) is 4.39 Å². The normalized spacial score (nSPS) is 36.8. The van der Waals surface area contributed by atoms with Crippen LogP contribution in [0.5, 0.6) is 5.75 Å². The van der Waals surface area contributed by atoms with Crippen LogP contribution in [-0.2, 0) is 10.2 Å². The first-order valence-corrected chi connectivity index (χ1v) is 11.5. The van der Waals surface area contributed by atoms with Gasteiger partial charge in [0.2, 0.25) is 0 Å². The number of hydrogen-bond acceptors (Lipinski definition) is 3. The molecule has 0 amide bonds. The third kappa shape index (κ3) is 2.99. The molecule has 30 heavy (non-hydrogen) atoms. The van der Waals surface area contributed by atoms with Crippen LogP contribution in [0.25, 0.3) is 0 Å². The Kier molecular flexibility index (Phi) is 4.88. The number of hydrogen-bond donors (Lipinski definition) is 1. The van der Waals surface area contributed by atoms with E-state index in [9.17, 15) is 14.7 Å². The van der Waals surface area contributed by atoms with Gasteiger partial charge >= 0.3 is 5.97 Å². The monoisotopic (exact) mass is 434 g/mol. The maximum Gasteiger partial charge on any atom is 0.307 e. The lowest BCUT2D eigenvalue weighted by molar-refractivity contribution is -0.142. The first-order valence-electron chi connectivity index (χ1n) is 11.2. The van der Waals surface area contributed by atoms with Gasteiger partial charge in [-0.25, -0.2) is 4.39 Å². The van der Waals surface area contributed by atoms with Gasteiger partial charge < -0.3 is 9.84 Å². The summed E-state index contributed by atoms with van der Waals surface area (Å²) < 4.78 is 21.2. The Balaban J connectivity index is 1.57. The van der Waals surface area contributed by atoms with Gasteiger partial charge in [-0.1, -0.05) is 18.0 Å². The van der Waals surface area contributed by atoms with Crippen molar-refractivity contribution in [1.29, 1.82) is 0 Å². The number of methoxy groups -OCH3 is 1. The largest absolute Gasteiger partial charge is 0.493 e. The molecule has 162 valence electrons. The third-order valence-corrected chi connectivity index (χ3v) is 8.68. The fraction of sp³-hybridized carbons (Fsp3) is 0.667. The van der Waals surface area contributed by atoms with Crippen molar-refractivity contribution in [3.63, 3.8) is 0 Å². The van der Waals surface area contributed by atoms with Gasteiger partial charge in [0.1, 0.15) is 0 Å². The van der Waals surface area contributed by atoms with Gasteiger partial charge in [-0.05, 0) is 75.2 Å². The number of carboxylic acids is 1. The summed E-state index contributed by atoms with van der Waals surface area (Å²) in [7, 11) is 1.43. The minimum absolute atomic E-state index is 0.0951. The molecule has 0 aliphatic heterocycles. The van der Waals surface area contributed by atoms with E-state index in [-0.39, 0.29) is 16.7 Å². The molecule has 0 aromatic heterocycles. The van der Waals surface area contributed by atoms with Crippen LogP contribution in [0.1, 0.15) is 73.7 Å². The quantitative estimate of drug-likeness (QED) is 0.609. The lowest BCUT2D eigenvalue weighted by Gasteiger charge is -2.57. The molecule has 0 saturated heterocycles. The zero-order valence-electron chi connectivity index (χ0n) is 17.3. The summed E-state index contributed by atoms with van der Waals surface area (Å²) in [6, 6.07) is 1.45. The summed E-state index contributed by atoms with van der Waals surface area (Å²) in [6.07, 6.45) is 8.37. The summed E-state index contributed by atoms with van der Waals surface area (Å²) in [5, 5.41) is 9.84. The Morgan fingerprint density at radius 2 is 1.67 bits per heavy atom. The second-order valence-corrected chi connectivity index (χ2v) is 10.6. The molecular formula is C24H28ClFO4. The molecule has 5 saturated carbocycles. The first kappa shape index (κ1) is 20.3. The van der Waals surface area contributed by atoms with Crippen molar-refractivity contribution in [2.24, 2.45) is 29.6 Å². The molecule has 6 heteroatoms. The molecule has 5 aliphatic carbocycles. The highest BCUT2D eigenvalue weighted by Gasteiger charge is 2.54. The second-order valence-electron chi connectivity index (χ2n) is 10.2. The van der Waals surface area contributed by atoms with Crippen LogP contribution >= 0.6 is 11.6 Å². The lowest BCUT2D eigenvalue weighted by atomic mass is 9.48. The fourth-order valence-electron chi connectivity index (χ4n) is 7.65. The number of halogens is 2. The van der Waals surface area contributed by atoms with Gasteiger partial charge in [0.15, 0.2) is 17.3 Å². The minimum atomic E-state index is -0.991. The number of ether oxygens (including phenoxy) is 1. The number of carbonyl (C=O) groups is 2. The fourth-order valence-corrected chi connectivity index (χ4v) is 8.05. The van der Waals surface area contributed by atoms with Crippen LogP contribution in [0.3, 0.4) is 0 Å². The SMILES string of the molecule is COc1c(F)c(C(=O)[C@H]2CCC[C@H]2C(=O)O)cc(Cl)c1C12CC3CC(CC(C3)C1)C2. The Bertz CT molecular complexity index is 876. The van der Waals surface area contributed by atoms with Crippen LogP contribution in [0.15, 0.2) is 6.07 Å². The maximum atomic E-state index is 15.7. The summed E-state index contributed by atoms with van der Waals surface area (Å²) in [6.45, 7) is 0. The van der Waals surface area contributed by atoms with Crippen molar-refractivity contribution >= 4 is 23.4 Å². The van der Waals surface area contributed by atoms with Gasteiger partial charge in [0, 0.05) is 21.9 Å². The molecule has 4 nitrogen and oxygen atoms in total. The molecule has 5 aliphatic rings. The summed E-state index contributed by atoms with van der Waals surface area (Å²) in [5.41, 5.74) is 0.445. The Morgan fingerprint density at radius 3 is 2.20 bits per heavy atom. The smallest absolute Gasteiger partial charge is 0.307 e. The van der Waals surface area contributed by atoms with Crippen LogP contribution in [-0.4, -0.2) is 24.0 Å². The molecule has 0 radical (unpaired) electrons. The zero-order chi connectivity index (χ0) is 21.2. The van der Waals surface area contributed by atoms with E-state index in [2.05, 4.69) is 0 Å². The summed E-state index contributed by atoms with van der Waals surface area (Å²) in [5.74, 6) is -1.51. The summed E-state index contributed by atoms with van der Waals surface area (Å²) in [4.78, 5) is 24.7. The molecule has 1 N–H and O–H groups in total. The Labute approximate surface area is 181 Å². The number of carboxylic acid groups (broad SMARTS) is 1. The number of aliphatic carboxylic acids is 1. The second kappa shape index (κ2) is 7.22. The highest BCUT2D eigenvalue weighted by Crippen LogP contribution is 2.63. The maximum absolute atomic E-state index is 15.7. The van der Waals surface area contributed by atoms with Crippen molar-refractivity contribution in [1.82, 2.24) is 0 Å². The molecule has 0 heterocycles. The van der Waals surface area contributed by atoms with Crippen molar-refractivity contribution in [3.05, 3.63) is 28.0 Å². The standard InChI is InChI=1S/C24H28ClFO4/c1-30-22-19(24-9-12-5-13(10-24)7-14(6-12)11-24)18(25)8-17(20(22)26)21(27)15-3-2-4-16(15)23(28)29/h8,12-16H,2-7,9-11H2,1H3,(H,28,29)/t12?,13?,14?,15-,16+,24?/m0/s1. The van der Waals surface area contributed by atoms with E-state index in [1.54, 1.807) is 0 Å². The van der Waals surface area contributed by atoms with Crippen molar-refractivity contribution in [3.8, 4) is 5.75 Å². The molecule has 1 aromatic rings. The summed E-state index contributed by atoms with van der Waals surface area (Å²) >= 11 is 6.76. The van der Waals surface area contributed by atoms with E-state index >= 15 is 4.39 Å². The van der Waals surface area contributed by atoms with Gasteiger partial charge in [0.25, 0.3) is 0 Å². The highest BCUT2D eigenvalue weighted by molar-refractivity contribution is 6.32. The van der Waals surface area contributed by atoms with E-state index in [1.807, 2.05) is 0 Å². The Hall–Kier alpha value is -1.62. The van der Waals surface area contributed by atoms with Crippen LogP contribution < -0.4 is 4.74 Å². The van der Waals surface area contributed by atoms with Crippen LogP contribution in [0.2, 0.25) is 5.02 Å². The minimum Gasteiger partial charge on any atom is -0.493 e. The van der Waals surface area contributed by atoms with Gasteiger partial charge in [-0.15, -0.1) is 0 Å². The first-order chi connectivity index (χ1) is 14.3. The topological polar surface area (TPSA) is 63.6 Å². The lowest BCUT2D eigenvalue weighted by Crippen LogP contribution is -2.49. The van der Waals surface area contributed by atoms with Crippen molar-refractivity contribution in [2.75, 3.05) is 7.11 Å². The van der Waals surface area contributed by atoms with Gasteiger partial charge in [0.05, 0.1) is 18.6 Å². The van der Waals surface area contributed by atoms with Crippen molar-refractivity contribution in [2.45, 2.75) is 63.2 Å². The number of rotatable bonds is 5. The molecular weight excluding hydrogens is 407 g/mol. The molecule has 4 bridgehead atoms. The highest BCUT2D eigenvalue weighted by atomic mass is 35.5. The average Bonchev–Trinajstić information content (AvgIpc) is 3.17. The molecule has 1 aromatic carbocycles. The van der Waals surface area contributed by atoms with E-state index in [0.29, 0.717) is 42.0 Å². The molecule has 0 unspecified atom stereocenters. The van der Waals surface area contributed by atoms with E-state index in [1.165, 1.54) is 32.4 Å². The van der Waals surface area contributed by atoms with Crippen LogP contribution in [0, 0.1) is 35.4 Å². The Morgan fingerprint density at radius 1 is 1.10 bits per heavy atom. The molecule has 2 atom stereocenters. The number of carbonyl (C=O) groups excluding carboxylic acids is 1. The van der Waals surface area contributed by atoms with E-state index < -0.39 is 29.4 Å². The van der Waals surface area contributed by atoms with Gasteiger partial charge in [-0.3, -0.25) is 9.59 Å². The van der Waals surface area contributed by atoms with Crippen molar-refractivity contribution < 1.29 is 23.8 Å². The van der Waals surface area contributed by atoms with Gasteiger partial charge in [-0.2, -0.15) is 0 Å².